The van der Waals surface area contributed by atoms with Gasteiger partial charge in [-0.15, -0.1) is 0 Å². The van der Waals surface area contributed by atoms with E-state index in [-0.39, 0.29) is 11.8 Å². The van der Waals surface area contributed by atoms with Crippen molar-refractivity contribution in [3.8, 4) is 0 Å². The van der Waals surface area contributed by atoms with Crippen LogP contribution in [-0.2, 0) is 33.3 Å². The van der Waals surface area contributed by atoms with Gasteiger partial charge in [0, 0.05) is 33.5 Å². The second kappa shape index (κ2) is 19.1. The molecule has 9 heteroatoms. The first kappa shape index (κ1) is 23.7. The van der Waals surface area contributed by atoms with Gasteiger partial charge in [-0.05, 0) is 0 Å². The van der Waals surface area contributed by atoms with Crippen molar-refractivity contribution in [3.05, 3.63) is 0 Å². The first-order chi connectivity index (χ1) is 12.2. The van der Waals surface area contributed by atoms with Crippen molar-refractivity contribution >= 4 is 11.8 Å². The van der Waals surface area contributed by atoms with Gasteiger partial charge in [-0.25, -0.2) is 0 Å². The maximum atomic E-state index is 11.5. The summed E-state index contributed by atoms with van der Waals surface area (Å²) in [6, 6.07) is 0. The summed E-state index contributed by atoms with van der Waals surface area (Å²) in [6.45, 7) is 6.60. The van der Waals surface area contributed by atoms with Crippen LogP contribution in [0.2, 0.25) is 0 Å². The Kier molecular flexibility index (Phi) is 18.1. The van der Waals surface area contributed by atoms with Crippen LogP contribution in [-0.4, -0.2) is 91.5 Å². The molecule has 0 spiro atoms. The zero-order chi connectivity index (χ0) is 18.6. The zero-order valence-corrected chi connectivity index (χ0v) is 15.3. The fourth-order valence-corrected chi connectivity index (χ4v) is 1.60. The Morgan fingerprint density at radius 3 is 1.72 bits per heavy atom. The summed E-state index contributed by atoms with van der Waals surface area (Å²) >= 11 is 0. The minimum absolute atomic E-state index is 0.0728. The largest absolute Gasteiger partial charge is 0.382 e. The topological polar surface area (TPSA) is 104 Å². The number of carbonyl (C=O) groups excluding carboxylic acids is 2. The average molecular weight is 364 g/mol. The van der Waals surface area contributed by atoms with Crippen LogP contribution in [0.25, 0.3) is 0 Å². The van der Waals surface area contributed by atoms with E-state index in [1.165, 1.54) is 6.92 Å². The van der Waals surface area contributed by atoms with Crippen molar-refractivity contribution in [2.75, 3.05) is 79.7 Å². The first-order valence-corrected chi connectivity index (χ1v) is 8.48. The number of amides is 2. The summed E-state index contributed by atoms with van der Waals surface area (Å²) in [5.74, 6) is -0.146. The molecule has 2 N–H and O–H groups in total. The van der Waals surface area contributed by atoms with E-state index in [1.807, 2.05) is 0 Å². The Labute approximate surface area is 149 Å². The number of hydrogen-bond acceptors (Lipinski definition) is 7. The lowest BCUT2D eigenvalue weighted by Gasteiger charge is -2.08. The maximum Gasteiger partial charge on any atom is 0.222 e. The van der Waals surface area contributed by atoms with Crippen molar-refractivity contribution in [2.24, 2.45) is 0 Å². The second-order valence-corrected chi connectivity index (χ2v) is 5.03. The molecule has 0 unspecified atom stereocenters. The minimum Gasteiger partial charge on any atom is -0.382 e. The maximum absolute atomic E-state index is 11.5. The van der Waals surface area contributed by atoms with Gasteiger partial charge in [0.1, 0.15) is 0 Å². The van der Waals surface area contributed by atoms with E-state index >= 15 is 0 Å². The van der Waals surface area contributed by atoms with Crippen LogP contribution in [0.4, 0.5) is 0 Å². The number of methoxy groups -OCH3 is 1. The molecule has 25 heavy (non-hydrogen) atoms. The van der Waals surface area contributed by atoms with Gasteiger partial charge in [0.05, 0.1) is 59.5 Å². The van der Waals surface area contributed by atoms with E-state index in [4.69, 9.17) is 23.7 Å². The number of nitrogens with one attached hydrogen (secondary N) is 2. The Bertz CT molecular complexity index is 330. The lowest BCUT2D eigenvalue weighted by molar-refractivity contribution is -0.122. The predicted octanol–water partition coefficient (Wildman–Crippen LogP) is -0.658. The molecule has 0 atom stereocenters. The van der Waals surface area contributed by atoms with Crippen molar-refractivity contribution < 1.29 is 33.3 Å². The molecule has 148 valence electrons. The van der Waals surface area contributed by atoms with Gasteiger partial charge in [0.15, 0.2) is 0 Å². The molecule has 0 aliphatic heterocycles. The van der Waals surface area contributed by atoms with Gasteiger partial charge in [-0.1, -0.05) is 0 Å². The quantitative estimate of drug-likeness (QED) is 0.311. The van der Waals surface area contributed by atoms with E-state index in [9.17, 15) is 9.59 Å². The van der Waals surface area contributed by atoms with Crippen molar-refractivity contribution in [1.82, 2.24) is 10.6 Å². The van der Waals surface area contributed by atoms with Crippen LogP contribution in [0.15, 0.2) is 0 Å². The van der Waals surface area contributed by atoms with E-state index < -0.39 is 0 Å². The summed E-state index contributed by atoms with van der Waals surface area (Å²) in [5, 5.41) is 5.38. The fourth-order valence-electron chi connectivity index (χ4n) is 1.60. The van der Waals surface area contributed by atoms with Gasteiger partial charge in [-0.3, -0.25) is 9.59 Å². The third kappa shape index (κ3) is 20.7. The molecule has 2 amide bonds. The highest BCUT2D eigenvalue weighted by atomic mass is 16.5. The zero-order valence-electron chi connectivity index (χ0n) is 15.3. The second-order valence-electron chi connectivity index (χ2n) is 5.03. The molecule has 0 radical (unpaired) electrons. The standard InChI is InChI=1S/C16H32N2O7/c1-15(19)17-4-7-23-12-13-24-8-5-18-16(20)3-6-22-11-14-25-10-9-21-2/h3-14H2,1-2H3,(H,17,19)(H,18,20). The van der Waals surface area contributed by atoms with Gasteiger partial charge < -0.3 is 34.3 Å². The van der Waals surface area contributed by atoms with Crippen LogP contribution >= 0.6 is 0 Å². The summed E-state index contributed by atoms with van der Waals surface area (Å²) < 4.78 is 25.9. The highest BCUT2D eigenvalue weighted by Crippen LogP contribution is 1.85. The average Bonchev–Trinajstić information content (AvgIpc) is 2.58. The van der Waals surface area contributed by atoms with Crippen molar-refractivity contribution in [1.29, 1.82) is 0 Å². The van der Waals surface area contributed by atoms with Gasteiger partial charge in [0.25, 0.3) is 0 Å². The summed E-state index contributed by atoms with van der Waals surface area (Å²) in [4.78, 5) is 22.1. The molecular weight excluding hydrogens is 332 g/mol. The van der Waals surface area contributed by atoms with Crippen LogP contribution in [0.3, 0.4) is 0 Å². The molecule has 9 nitrogen and oxygen atoms in total. The number of rotatable bonds is 18. The lowest BCUT2D eigenvalue weighted by Crippen LogP contribution is -2.28. The SMILES string of the molecule is COCCOCCOCCC(=O)NCCOCCOCCNC(C)=O. The van der Waals surface area contributed by atoms with Crippen LogP contribution in [0.5, 0.6) is 0 Å². The van der Waals surface area contributed by atoms with E-state index in [0.717, 1.165) is 0 Å². The van der Waals surface area contributed by atoms with Crippen molar-refractivity contribution in [3.63, 3.8) is 0 Å². The van der Waals surface area contributed by atoms with E-state index in [2.05, 4.69) is 10.6 Å². The monoisotopic (exact) mass is 364 g/mol. The molecule has 0 heterocycles. The molecule has 0 rings (SSSR count). The number of carbonyl (C=O) groups is 2. The summed E-state index contributed by atoms with van der Waals surface area (Å²) in [7, 11) is 1.62. The molecule has 0 aromatic heterocycles. The molecule has 0 aromatic rings. The molecule has 0 aromatic carbocycles. The smallest absolute Gasteiger partial charge is 0.222 e. The molecule has 0 bridgehead atoms. The first-order valence-electron chi connectivity index (χ1n) is 8.48. The number of hydrogen-bond donors (Lipinski definition) is 2. The Balaban J connectivity index is 3.16. The van der Waals surface area contributed by atoms with Crippen LogP contribution in [0.1, 0.15) is 13.3 Å². The molecular formula is C16H32N2O7. The van der Waals surface area contributed by atoms with E-state index in [0.29, 0.717) is 79.0 Å². The fraction of sp³-hybridized carbons (Fsp3) is 0.875. The van der Waals surface area contributed by atoms with Gasteiger partial charge >= 0.3 is 0 Å². The molecule has 0 saturated heterocycles. The molecule has 0 fully saturated rings. The van der Waals surface area contributed by atoms with E-state index in [1.54, 1.807) is 7.11 Å². The highest BCUT2D eigenvalue weighted by molar-refractivity contribution is 5.75. The molecule has 0 saturated carbocycles. The minimum atomic E-state index is -0.0736. The van der Waals surface area contributed by atoms with Gasteiger partial charge in [-0.2, -0.15) is 0 Å². The summed E-state index contributed by atoms with van der Waals surface area (Å²) in [5.41, 5.74) is 0. The molecule has 0 aliphatic rings. The Morgan fingerprint density at radius 1 is 0.680 bits per heavy atom. The number of ether oxygens (including phenoxy) is 5. The summed E-state index contributed by atoms with van der Waals surface area (Å²) in [6.07, 6.45) is 0.310. The highest BCUT2D eigenvalue weighted by Gasteiger charge is 2.00. The Hall–Kier alpha value is -1.26. The normalized spacial score (nSPS) is 10.6. The molecule has 0 aliphatic carbocycles. The predicted molar refractivity (Wildman–Crippen MR) is 91.5 cm³/mol. The van der Waals surface area contributed by atoms with Crippen LogP contribution in [0, 0.1) is 0 Å². The van der Waals surface area contributed by atoms with Crippen LogP contribution < -0.4 is 10.6 Å². The lowest BCUT2D eigenvalue weighted by atomic mass is 10.4. The third-order valence-electron chi connectivity index (χ3n) is 2.84. The van der Waals surface area contributed by atoms with Gasteiger partial charge in [0.2, 0.25) is 11.8 Å². The Morgan fingerprint density at radius 2 is 1.16 bits per heavy atom. The third-order valence-corrected chi connectivity index (χ3v) is 2.84. The van der Waals surface area contributed by atoms with Crippen molar-refractivity contribution in [2.45, 2.75) is 13.3 Å².